The standard InChI is InChI=1S/C15H18O3/c1-8-4-5-13(16)15(3)7-12-10(6-11(8)15)9(2)14(17)18-12/h4-5,8-9,11H,6-7H2,1-3H3/t8-,9?,11+,15-/m1/s1. The number of carbonyl (C=O) groups excluding carboxylic acids is 2. The third-order valence-corrected chi connectivity index (χ3v) is 4.99. The minimum atomic E-state index is -0.392. The number of ketones is 1. The molecule has 3 heteroatoms. The predicted octanol–water partition coefficient (Wildman–Crippen LogP) is 2.62. The second-order valence-electron chi connectivity index (χ2n) is 6.08. The molecule has 0 N–H and O–H groups in total. The fourth-order valence-electron chi connectivity index (χ4n) is 3.63. The van der Waals surface area contributed by atoms with Gasteiger partial charge in [0.15, 0.2) is 5.78 Å². The molecular formula is C15H18O3. The van der Waals surface area contributed by atoms with Crippen LogP contribution in [0.3, 0.4) is 0 Å². The number of hydrogen-bond donors (Lipinski definition) is 0. The zero-order chi connectivity index (χ0) is 13.1. The molecule has 3 aliphatic rings. The summed E-state index contributed by atoms with van der Waals surface area (Å²) in [4.78, 5) is 23.8. The summed E-state index contributed by atoms with van der Waals surface area (Å²) in [6, 6.07) is 0. The highest BCUT2D eigenvalue weighted by atomic mass is 16.5. The lowest BCUT2D eigenvalue weighted by Gasteiger charge is -2.44. The normalized spacial score (nSPS) is 42.7. The lowest BCUT2D eigenvalue weighted by molar-refractivity contribution is -0.140. The van der Waals surface area contributed by atoms with E-state index in [4.69, 9.17) is 4.74 Å². The first kappa shape index (κ1) is 11.7. The molecule has 0 aromatic carbocycles. The van der Waals surface area contributed by atoms with E-state index in [9.17, 15) is 9.59 Å². The number of ether oxygens (including phenoxy) is 1. The lowest BCUT2D eigenvalue weighted by Crippen LogP contribution is -2.43. The maximum atomic E-state index is 12.2. The van der Waals surface area contributed by atoms with Crippen LogP contribution < -0.4 is 0 Å². The molecule has 2 aliphatic carbocycles. The van der Waals surface area contributed by atoms with Crippen LogP contribution in [0.5, 0.6) is 0 Å². The number of fused-ring (bicyclic) bond motifs is 1. The summed E-state index contributed by atoms with van der Waals surface area (Å²) in [6.07, 6.45) is 5.10. The van der Waals surface area contributed by atoms with Gasteiger partial charge in [0.1, 0.15) is 5.76 Å². The molecule has 0 aromatic heterocycles. The van der Waals surface area contributed by atoms with Gasteiger partial charge in [0.05, 0.1) is 5.92 Å². The fourth-order valence-corrected chi connectivity index (χ4v) is 3.63. The molecule has 0 aromatic rings. The Labute approximate surface area is 107 Å². The van der Waals surface area contributed by atoms with Crippen LogP contribution in [-0.4, -0.2) is 11.8 Å². The molecule has 1 unspecified atom stereocenters. The first-order chi connectivity index (χ1) is 8.43. The van der Waals surface area contributed by atoms with Crippen LogP contribution >= 0.6 is 0 Å². The van der Waals surface area contributed by atoms with E-state index in [1.165, 1.54) is 0 Å². The van der Waals surface area contributed by atoms with Crippen LogP contribution in [0.1, 0.15) is 33.6 Å². The van der Waals surface area contributed by atoms with E-state index in [0.29, 0.717) is 18.3 Å². The number of carbonyl (C=O) groups is 2. The first-order valence-corrected chi connectivity index (χ1v) is 6.59. The van der Waals surface area contributed by atoms with Gasteiger partial charge in [0.25, 0.3) is 0 Å². The van der Waals surface area contributed by atoms with Crippen LogP contribution in [-0.2, 0) is 14.3 Å². The van der Waals surface area contributed by atoms with Crippen molar-refractivity contribution >= 4 is 11.8 Å². The first-order valence-electron chi connectivity index (χ1n) is 6.59. The molecule has 0 saturated carbocycles. The van der Waals surface area contributed by atoms with Crippen LogP contribution in [0.25, 0.3) is 0 Å². The zero-order valence-electron chi connectivity index (χ0n) is 11.0. The Kier molecular flexibility index (Phi) is 2.31. The molecule has 1 heterocycles. The molecule has 3 nitrogen and oxygen atoms in total. The van der Waals surface area contributed by atoms with E-state index in [2.05, 4.69) is 6.92 Å². The van der Waals surface area contributed by atoms with Crippen molar-refractivity contribution in [2.45, 2.75) is 33.6 Å². The molecule has 3 rings (SSSR count). The van der Waals surface area contributed by atoms with Gasteiger partial charge in [0, 0.05) is 11.8 Å². The second kappa shape index (κ2) is 3.56. The molecule has 0 amide bonds. The Balaban J connectivity index is 2.02. The molecule has 1 aliphatic heterocycles. The Morgan fingerprint density at radius 1 is 1.33 bits per heavy atom. The molecule has 4 atom stereocenters. The highest BCUT2D eigenvalue weighted by Crippen LogP contribution is 2.53. The molecule has 0 radical (unpaired) electrons. The highest BCUT2D eigenvalue weighted by molar-refractivity contribution is 5.96. The van der Waals surface area contributed by atoms with Crippen LogP contribution in [0.4, 0.5) is 0 Å². The highest BCUT2D eigenvalue weighted by Gasteiger charge is 2.51. The van der Waals surface area contributed by atoms with Gasteiger partial charge in [-0.05, 0) is 36.8 Å². The van der Waals surface area contributed by atoms with Gasteiger partial charge >= 0.3 is 5.97 Å². The molecular weight excluding hydrogens is 228 g/mol. The van der Waals surface area contributed by atoms with E-state index in [0.717, 1.165) is 17.8 Å². The Hall–Kier alpha value is -1.38. The van der Waals surface area contributed by atoms with Crippen molar-refractivity contribution < 1.29 is 14.3 Å². The minimum absolute atomic E-state index is 0.127. The summed E-state index contributed by atoms with van der Waals surface area (Å²) in [6.45, 7) is 6.07. The Morgan fingerprint density at radius 3 is 2.78 bits per heavy atom. The van der Waals surface area contributed by atoms with Crippen molar-refractivity contribution in [2.24, 2.45) is 23.2 Å². The summed E-state index contributed by atoms with van der Waals surface area (Å²) in [5.74, 6) is 1.33. The topological polar surface area (TPSA) is 43.4 Å². The smallest absolute Gasteiger partial charge is 0.317 e. The van der Waals surface area contributed by atoms with Crippen molar-refractivity contribution in [1.29, 1.82) is 0 Å². The van der Waals surface area contributed by atoms with Crippen molar-refractivity contribution in [3.8, 4) is 0 Å². The molecule has 0 fully saturated rings. The molecule has 0 bridgehead atoms. The van der Waals surface area contributed by atoms with E-state index >= 15 is 0 Å². The molecule has 0 spiro atoms. The van der Waals surface area contributed by atoms with E-state index in [1.54, 1.807) is 6.08 Å². The van der Waals surface area contributed by atoms with E-state index in [1.807, 2.05) is 19.9 Å². The third kappa shape index (κ3) is 1.36. The summed E-state index contributed by atoms with van der Waals surface area (Å²) >= 11 is 0. The van der Waals surface area contributed by atoms with Crippen molar-refractivity contribution in [3.05, 3.63) is 23.5 Å². The quantitative estimate of drug-likeness (QED) is 0.617. The zero-order valence-corrected chi connectivity index (χ0v) is 11.0. The van der Waals surface area contributed by atoms with Crippen molar-refractivity contribution in [3.63, 3.8) is 0 Å². The van der Waals surface area contributed by atoms with Crippen LogP contribution in [0.15, 0.2) is 23.5 Å². The SMILES string of the molecule is CC1C(=O)OC2=C1C[C@H]1[C@H](C)C=CC(=O)[C@]1(C)C2. The predicted molar refractivity (Wildman–Crippen MR) is 66.4 cm³/mol. The van der Waals surface area contributed by atoms with Crippen LogP contribution in [0, 0.1) is 23.2 Å². The number of hydrogen-bond acceptors (Lipinski definition) is 3. The number of allylic oxidation sites excluding steroid dienone is 3. The van der Waals surface area contributed by atoms with Gasteiger partial charge < -0.3 is 4.74 Å². The molecule has 96 valence electrons. The van der Waals surface area contributed by atoms with Crippen molar-refractivity contribution in [1.82, 2.24) is 0 Å². The maximum Gasteiger partial charge on any atom is 0.317 e. The summed E-state index contributed by atoms with van der Waals surface area (Å²) < 4.78 is 5.34. The average Bonchev–Trinajstić information content (AvgIpc) is 2.58. The summed E-state index contributed by atoms with van der Waals surface area (Å²) in [5.41, 5.74) is 0.731. The van der Waals surface area contributed by atoms with Gasteiger partial charge in [-0.3, -0.25) is 9.59 Å². The number of rotatable bonds is 0. The summed E-state index contributed by atoms with van der Waals surface area (Å²) in [7, 11) is 0. The van der Waals surface area contributed by atoms with Crippen LogP contribution in [0.2, 0.25) is 0 Å². The monoisotopic (exact) mass is 246 g/mol. The minimum Gasteiger partial charge on any atom is -0.431 e. The van der Waals surface area contributed by atoms with Gasteiger partial charge in [-0.25, -0.2) is 0 Å². The van der Waals surface area contributed by atoms with E-state index < -0.39 is 5.41 Å². The van der Waals surface area contributed by atoms with Gasteiger partial charge in [0.2, 0.25) is 0 Å². The molecule has 18 heavy (non-hydrogen) atoms. The van der Waals surface area contributed by atoms with Gasteiger partial charge in [-0.15, -0.1) is 0 Å². The second-order valence-corrected chi connectivity index (χ2v) is 6.08. The molecule has 0 saturated heterocycles. The lowest BCUT2D eigenvalue weighted by atomic mass is 9.58. The summed E-state index contributed by atoms with van der Waals surface area (Å²) in [5, 5.41) is 0. The van der Waals surface area contributed by atoms with Gasteiger partial charge in [-0.1, -0.05) is 19.9 Å². The number of esters is 1. The third-order valence-electron chi connectivity index (χ3n) is 4.99. The Morgan fingerprint density at radius 2 is 2.06 bits per heavy atom. The maximum absolute atomic E-state index is 12.2. The Bertz CT molecular complexity index is 500. The fraction of sp³-hybridized carbons (Fsp3) is 0.600. The van der Waals surface area contributed by atoms with E-state index in [-0.39, 0.29) is 17.7 Å². The van der Waals surface area contributed by atoms with Crippen molar-refractivity contribution in [2.75, 3.05) is 0 Å². The van der Waals surface area contributed by atoms with Gasteiger partial charge in [-0.2, -0.15) is 0 Å². The largest absolute Gasteiger partial charge is 0.431 e. The average molecular weight is 246 g/mol.